The van der Waals surface area contributed by atoms with E-state index in [-0.39, 0.29) is 5.91 Å². The molecule has 26 heavy (non-hydrogen) atoms. The van der Waals surface area contributed by atoms with Gasteiger partial charge in [-0.05, 0) is 36.2 Å². The molecule has 0 unspecified atom stereocenters. The van der Waals surface area contributed by atoms with E-state index in [2.05, 4.69) is 21.4 Å². The SMILES string of the molecule is O=C1NCCc2ccc(-n3ccnc3-c3cccc4ncccc34)cc21. The fourth-order valence-corrected chi connectivity index (χ4v) is 3.56. The Morgan fingerprint density at radius 1 is 0.962 bits per heavy atom. The molecule has 2 aromatic carbocycles. The van der Waals surface area contributed by atoms with E-state index in [1.807, 2.05) is 53.2 Å². The molecule has 0 atom stereocenters. The van der Waals surface area contributed by atoms with Gasteiger partial charge in [-0.2, -0.15) is 0 Å². The summed E-state index contributed by atoms with van der Waals surface area (Å²) >= 11 is 0. The highest BCUT2D eigenvalue weighted by Gasteiger charge is 2.18. The summed E-state index contributed by atoms with van der Waals surface area (Å²) in [5.41, 5.74) is 4.71. The highest BCUT2D eigenvalue weighted by atomic mass is 16.1. The Hall–Kier alpha value is -3.47. The smallest absolute Gasteiger partial charge is 0.251 e. The second-order valence-corrected chi connectivity index (χ2v) is 6.34. The van der Waals surface area contributed by atoms with E-state index in [4.69, 9.17) is 0 Å². The Morgan fingerprint density at radius 2 is 1.92 bits per heavy atom. The predicted molar refractivity (Wildman–Crippen MR) is 100 cm³/mol. The topological polar surface area (TPSA) is 59.8 Å². The van der Waals surface area contributed by atoms with E-state index >= 15 is 0 Å². The van der Waals surface area contributed by atoms with Gasteiger partial charge < -0.3 is 5.32 Å². The zero-order chi connectivity index (χ0) is 17.5. The second kappa shape index (κ2) is 5.81. The summed E-state index contributed by atoms with van der Waals surface area (Å²) in [4.78, 5) is 21.2. The van der Waals surface area contributed by atoms with Crippen LogP contribution in [0.25, 0.3) is 28.0 Å². The Morgan fingerprint density at radius 3 is 2.88 bits per heavy atom. The molecule has 126 valence electrons. The molecule has 2 aromatic heterocycles. The van der Waals surface area contributed by atoms with Crippen LogP contribution in [0.4, 0.5) is 0 Å². The van der Waals surface area contributed by atoms with Crippen molar-refractivity contribution in [1.29, 1.82) is 0 Å². The molecule has 0 radical (unpaired) electrons. The number of aromatic nitrogens is 3. The van der Waals surface area contributed by atoms with Crippen LogP contribution in [0.1, 0.15) is 15.9 Å². The molecule has 1 aliphatic heterocycles. The third-order valence-corrected chi connectivity index (χ3v) is 4.82. The highest BCUT2D eigenvalue weighted by Crippen LogP contribution is 2.29. The van der Waals surface area contributed by atoms with E-state index in [9.17, 15) is 4.79 Å². The van der Waals surface area contributed by atoms with Gasteiger partial charge in [0.1, 0.15) is 5.82 Å². The van der Waals surface area contributed by atoms with Gasteiger partial charge in [0.2, 0.25) is 0 Å². The second-order valence-electron chi connectivity index (χ2n) is 6.34. The van der Waals surface area contributed by atoms with Crippen LogP contribution in [0.5, 0.6) is 0 Å². The minimum atomic E-state index is -0.0101. The maximum absolute atomic E-state index is 12.2. The maximum Gasteiger partial charge on any atom is 0.251 e. The molecule has 4 aromatic rings. The van der Waals surface area contributed by atoms with Gasteiger partial charge >= 0.3 is 0 Å². The maximum atomic E-state index is 12.2. The molecule has 5 heteroatoms. The fraction of sp³-hybridized carbons (Fsp3) is 0.0952. The average Bonchev–Trinajstić information content (AvgIpc) is 3.17. The van der Waals surface area contributed by atoms with E-state index < -0.39 is 0 Å². The highest BCUT2D eigenvalue weighted by molar-refractivity contribution is 5.97. The molecule has 1 aliphatic rings. The van der Waals surface area contributed by atoms with Crippen molar-refractivity contribution in [1.82, 2.24) is 19.9 Å². The first-order chi connectivity index (χ1) is 12.8. The Labute approximate surface area is 150 Å². The molecule has 0 saturated carbocycles. The largest absolute Gasteiger partial charge is 0.352 e. The molecule has 0 fully saturated rings. The Balaban J connectivity index is 1.69. The van der Waals surface area contributed by atoms with E-state index in [0.717, 1.165) is 45.5 Å². The lowest BCUT2D eigenvalue weighted by Crippen LogP contribution is -2.31. The van der Waals surface area contributed by atoms with Crippen molar-refractivity contribution in [2.24, 2.45) is 0 Å². The number of hydrogen-bond donors (Lipinski definition) is 1. The first-order valence-electron chi connectivity index (χ1n) is 8.60. The van der Waals surface area contributed by atoms with Crippen molar-refractivity contribution in [2.45, 2.75) is 6.42 Å². The number of rotatable bonds is 2. The molecule has 0 spiro atoms. The molecule has 1 amide bonds. The lowest BCUT2D eigenvalue weighted by molar-refractivity contribution is 0.0946. The van der Waals surface area contributed by atoms with Gasteiger partial charge in [0.15, 0.2) is 0 Å². The third kappa shape index (κ3) is 2.29. The van der Waals surface area contributed by atoms with Crippen molar-refractivity contribution in [3.63, 3.8) is 0 Å². The van der Waals surface area contributed by atoms with Crippen LogP contribution in [0.3, 0.4) is 0 Å². The number of nitrogens with one attached hydrogen (secondary N) is 1. The van der Waals surface area contributed by atoms with Gasteiger partial charge in [-0.25, -0.2) is 4.98 Å². The number of carbonyl (C=O) groups is 1. The van der Waals surface area contributed by atoms with Crippen molar-refractivity contribution < 1.29 is 4.79 Å². The molecule has 5 nitrogen and oxygen atoms in total. The molecule has 1 N–H and O–H groups in total. The van der Waals surface area contributed by atoms with Crippen molar-refractivity contribution in [3.05, 3.63) is 78.2 Å². The van der Waals surface area contributed by atoms with Gasteiger partial charge in [-0.15, -0.1) is 0 Å². The van der Waals surface area contributed by atoms with Gasteiger partial charge in [-0.1, -0.05) is 24.3 Å². The monoisotopic (exact) mass is 340 g/mol. The number of imidazole rings is 1. The lowest BCUT2D eigenvalue weighted by atomic mass is 9.99. The average molecular weight is 340 g/mol. The predicted octanol–water partition coefficient (Wildman–Crippen LogP) is 3.37. The van der Waals surface area contributed by atoms with Crippen LogP contribution in [-0.4, -0.2) is 27.0 Å². The number of amides is 1. The summed E-state index contributed by atoms with van der Waals surface area (Å²) in [5, 5.41) is 3.96. The van der Waals surface area contributed by atoms with Crippen LogP contribution < -0.4 is 5.32 Å². The first-order valence-corrected chi connectivity index (χ1v) is 8.60. The standard InChI is InChI=1S/C21H16N4O/c26-21-18-13-15(7-6-14(18)8-10-24-21)25-12-11-23-20(25)17-3-1-5-19-16(17)4-2-9-22-19/h1-7,9,11-13H,8,10H2,(H,24,26). The van der Waals surface area contributed by atoms with Crippen LogP contribution in [0.2, 0.25) is 0 Å². The summed E-state index contributed by atoms with van der Waals surface area (Å²) in [6, 6.07) is 16.1. The summed E-state index contributed by atoms with van der Waals surface area (Å²) in [6.45, 7) is 0.699. The van der Waals surface area contributed by atoms with Crippen molar-refractivity contribution >= 4 is 16.8 Å². The lowest BCUT2D eigenvalue weighted by Gasteiger charge is -2.18. The summed E-state index contributed by atoms with van der Waals surface area (Å²) in [6.07, 6.45) is 6.37. The van der Waals surface area contributed by atoms with Gasteiger partial charge in [-0.3, -0.25) is 14.3 Å². The van der Waals surface area contributed by atoms with Gasteiger partial charge in [0.05, 0.1) is 5.52 Å². The number of nitrogens with zero attached hydrogens (tertiary/aromatic N) is 3. The molecular weight excluding hydrogens is 324 g/mol. The normalized spacial score (nSPS) is 13.5. The number of carbonyl (C=O) groups excluding carboxylic acids is 1. The minimum absolute atomic E-state index is 0.0101. The van der Waals surface area contributed by atoms with Crippen LogP contribution in [0.15, 0.2) is 67.1 Å². The Kier molecular flexibility index (Phi) is 3.31. The van der Waals surface area contributed by atoms with Gasteiger partial charge in [0.25, 0.3) is 5.91 Å². The number of fused-ring (bicyclic) bond motifs is 2. The number of pyridine rings is 1. The number of hydrogen-bond acceptors (Lipinski definition) is 3. The minimum Gasteiger partial charge on any atom is -0.352 e. The molecule has 0 aliphatic carbocycles. The summed E-state index contributed by atoms with van der Waals surface area (Å²) < 4.78 is 2.02. The van der Waals surface area contributed by atoms with Gasteiger partial charge in [0, 0.05) is 47.3 Å². The van der Waals surface area contributed by atoms with E-state index in [1.54, 1.807) is 12.4 Å². The Bertz CT molecular complexity index is 1140. The zero-order valence-electron chi connectivity index (χ0n) is 14.0. The molecule has 5 rings (SSSR count). The van der Waals surface area contributed by atoms with Crippen LogP contribution in [0, 0.1) is 0 Å². The zero-order valence-corrected chi connectivity index (χ0v) is 14.0. The van der Waals surface area contributed by atoms with Crippen molar-refractivity contribution in [3.8, 4) is 17.1 Å². The first kappa shape index (κ1) is 14.8. The van der Waals surface area contributed by atoms with Crippen LogP contribution >= 0.6 is 0 Å². The summed E-state index contributed by atoms with van der Waals surface area (Å²) in [7, 11) is 0. The van der Waals surface area contributed by atoms with Crippen molar-refractivity contribution in [2.75, 3.05) is 6.54 Å². The quantitative estimate of drug-likeness (QED) is 0.609. The molecular formula is C21H16N4O. The van der Waals surface area contributed by atoms with Crippen LogP contribution in [-0.2, 0) is 6.42 Å². The fourth-order valence-electron chi connectivity index (χ4n) is 3.56. The molecule has 0 bridgehead atoms. The third-order valence-electron chi connectivity index (χ3n) is 4.82. The summed E-state index contributed by atoms with van der Waals surface area (Å²) in [5.74, 6) is 0.823. The molecule has 0 saturated heterocycles. The number of benzene rings is 2. The van der Waals surface area contributed by atoms with E-state index in [1.165, 1.54) is 0 Å². The molecule has 3 heterocycles. The van der Waals surface area contributed by atoms with E-state index in [0.29, 0.717) is 6.54 Å².